The zero-order valence-electron chi connectivity index (χ0n) is 5.79. The van der Waals surface area contributed by atoms with E-state index in [2.05, 4.69) is 9.97 Å². The predicted molar refractivity (Wildman–Crippen MR) is 36.6 cm³/mol. The van der Waals surface area contributed by atoms with Crippen molar-refractivity contribution in [1.29, 1.82) is 0 Å². The van der Waals surface area contributed by atoms with Gasteiger partial charge in [0.25, 0.3) is 0 Å². The Kier molecular flexibility index (Phi) is 1.14. The van der Waals surface area contributed by atoms with Gasteiger partial charge < -0.3 is 14.6 Å². The fraction of sp³-hybridized carbons (Fsp3) is 0.500. The Hall–Kier alpha value is -1.03. The molecule has 2 heterocycles. The predicted octanol–water partition coefficient (Wildman–Crippen LogP) is 0.334. The van der Waals surface area contributed by atoms with Crippen molar-refractivity contribution < 1.29 is 4.74 Å². The number of H-pyrrole nitrogens is 1. The van der Waals surface area contributed by atoms with Crippen LogP contribution >= 0.6 is 0 Å². The van der Waals surface area contributed by atoms with Gasteiger partial charge in [-0.1, -0.05) is 0 Å². The second kappa shape index (κ2) is 1.98. The molecule has 2 rings (SSSR count). The molecule has 1 N–H and O–H groups in total. The number of aromatic nitrogens is 2. The molecule has 0 spiro atoms. The van der Waals surface area contributed by atoms with E-state index in [4.69, 9.17) is 4.74 Å². The summed E-state index contributed by atoms with van der Waals surface area (Å²) in [7, 11) is 1.96. The van der Waals surface area contributed by atoms with E-state index in [1.54, 1.807) is 6.33 Å². The highest BCUT2D eigenvalue weighted by Gasteiger charge is 2.14. The summed E-state index contributed by atoms with van der Waals surface area (Å²) in [6, 6.07) is 0. The van der Waals surface area contributed by atoms with Gasteiger partial charge in [-0.3, -0.25) is 0 Å². The molecule has 10 heavy (non-hydrogen) atoms. The van der Waals surface area contributed by atoms with Crippen LogP contribution in [0.25, 0.3) is 0 Å². The van der Waals surface area contributed by atoms with Crippen LogP contribution in [0.15, 0.2) is 6.33 Å². The lowest BCUT2D eigenvalue weighted by Crippen LogP contribution is -2.26. The molecule has 0 aliphatic carbocycles. The van der Waals surface area contributed by atoms with E-state index in [1.165, 1.54) is 0 Å². The number of aromatic amines is 1. The Balaban J connectivity index is 2.41. The molecule has 54 valence electrons. The first-order valence-corrected chi connectivity index (χ1v) is 3.19. The van der Waals surface area contributed by atoms with Crippen molar-refractivity contribution in [2.45, 2.75) is 6.61 Å². The number of hydrogen-bond donors (Lipinski definition) is 1. The smallest absolute Gasteiger partial charge is 0.153 e. The minimum Gasteiger partial charge on any atom is -0.355 e. The summed E-state index contributed by atoms with van der Waals surface area (Å²) in [5, 5.41) is 0. The number of imidazole rings is 1. The van der Waals surface area contributed by atoms with Crippen LogP contribution in [0.5, 0.6) is 0 Å². The van der Waals surface area contributed by atoms with Gasteiger partial charge in [-0.15, -0.1) is 0 Å². The summed E-state index contributed by atoms with van der Waals surface area (Å²) in [4.78, 5) is 9.11. The van der Waals surface area contributed by atoms with Crippen molar-refractivity contribution in [3.8, 4) is 0 Å². The van der Waals surface area contributed by atoms with Gasteiger partial charge >= 0.3 is 0 Å². The molecule has 0 fully saturated rings. The third-order valence-corrected chi connectivity index (χ3v) is 1.59. The third-order valence-electron chi connectivity index (χ3n) is 1.59. The quantitative estimate of drug-likeness (QED) is 0.563. The lowest BCUT2D eigenvalue weighted by Gasteiger charge is -2.22. The summed E-state index contributed by atoms with van der Waals surface area (Å²) in [5.74, 6) is 1.01. The molecule has 4 nitrogen and oxygen atoms in total. The molecule has 0 saturated carbocycles. The normalized spacial score (nSPS) is 17.1. The van der Waals surface area contributed by atoms with Gasteiger partial charge in [0, 0.05) is 7.05 Å². The molecule has 0 bridgehead atoms. The molecule has 1 aliphatic rings. The number of hydrogen-bond acceptors (Lipinski definition) is 3. The van der Waals surface area contributed by atoms with Crippen molar-refractivity contribution in [3.05, 3.63) is 12.0 Å². The minimum atomic E-state index is 0.637. The summed E-state index contributed by atoms with van der Waals surface area (Å²) >= 11 is 0. The lowest BCUT2D eigenvalue weighted by molar-refractivity contribution is 0.111. The molecule has 1 aromatic heterocycles. The van der Waals surface area contributed by atoms with Crippen LogP contribution in [0.1, 0.15) is 5.69 Å². The number of anilines is 1. The van der Waals surface area contributed by atoms with Gasteiger partial charge in [0.05, 0.1) is 18.6 Å². The first kappa shape index (κ1) is 5.73. The van der Waals surface area contributed by atoms with Gasteiger partial charge in [-0.05, 0) is 0 Å². The van der Waals surface area contributed by atoms with E-state index in [-0.39, 0.29) is 0 Å². The maximum absolute atomic E-state index is 5.22. The van der Waals surface area contributed by atoms with Crippen LogP contribution in [0, 0.1) is 0 Å². The fourth-order valence-corrected chi connectivity index (χ4v) is 1.09. The highest BCUT2D eigenvalue weighted by molar-refractivity contribution is 5.42. The van der Waals surface area contributed by atoms with Gasteiger partial charge in [0.15, 0.2) is 5.82 Å². The maximum atomic E-state index is 5.22. The van der Waals surface area contributed by atoms with E-state index in [0.717, 1.165) is 11.5 Å². The molecule has 0 aromatic carbocycles. The molecule has 1 aromatic rings. The Morgan fingerprint density at radius 3 is 3.50 bits per heavy atom. The zero-order chi connectivity index (χ0) is 6.97. The van der Waals surface area contributed by atoms with Crippen molar-refractivity contribution in [2.24, 2.45) is 0 Å². The van der Waals surface area contributed by atoms with Crippen LogP contribution < -0.4 is 4.90 Å². The molecular formula is C6H9N3O. The highest BCUT2D eigenvalue weighted by atomic mass is 16.5. The van der Waals surface area contributed by atoms with Gasteiger partial charge in [-0.25, -0.2) is 4.98 Å². The maximum Gasteiger partial charge on any atom is 0.153 e. The molecule has 0 atom stereocenters. The number of rotatable bonds is 0. The summed E-state index contributed by atoms with van der Waals surface area (Å²) in [6.45, 7) is 1.29. The summed E-state index contributed by atoms with van der Waals surface area (Å²) < 4.78 is 5.22. The van der Waals surface area contributed by atoms with Crippen LogP contribution in [0.2, 0.25) is 0 Å². The Labute approximate surface area is 58.8 Å². The average Bonchev–Trinajstić information content (AvgIpc) is 2.36. The Morgan fingerprint density at radius 2 is 2.70 bits per heavy atom. The second-order valence-corrected chi connectivity index (χ2v) is 2.38. The molecule has 4 heteroatoms. The van der Waals surface area contributed by atoms with E-state index >= 15 is 0 Å². The van der Waals surface area contributed by atoms with E-state index in [1.807, 2.05) is 11.9 Å². The average molecular weight is 139 g/mol. The topological polar surface area (TPSA) is 41.1 Å². The first-order valence-electron chi connectivity index (χ1n) is 3.19. The second-order valence-electron chi connectivity index (χ2n) is 2.38. The molecule has 0 radical (unpaired) electrons. The lowest BCUT2D eigenvalue weighted by atomic mass is 10.4. The van der Waals surface area contributed by atoms with Crippen molar-refractivity contribution >= 4 is 5.82 Å². The molecular weight excluding hydrogens is 130 g/mol. The van der Waals surface area contributed by atoms with Crippen molar-refractivity contribution in [1.82, 2.24) is 9.97 Å². The fourth-order valence-electron chi connectivity index (χ4n) is 1.09. The SMILES string of the molecule is CN1COCc2[nH]cnc21. The van der Waals surface area contributed by atoms with Gasteiger partial charge in [-0.2, -0.15) is 0 Å². The van der Waals surface area contributed by atoms with Crippen LogP contribution in [-0.4, -0.2) is 23.7 Å². The number of nitrogens with one attached hydrogen (secondary N) is 1. The van der Waals surface area contributed by atoms with Gasteiger partial charge in [0.2, 0.25) is 0 Å². The Morgan fingerprint density at radius 1 is 1.80 bits per heavy atom. The zero-order valence-corrected chi connectivity index (χ0v) is 5.79. The molecule has 0 saturated heterocycles. The third kappa shape index (κ3) is 0.690. The Bertz CT molecular complexity index is 233. The highest BCUT2D eigenvalue weighted by Crippen LogP contribution is 2.18. The van der Waals surface area contributed by atoms with Crippen LogP contribution in [-0.2, 0) is 11.3 Å². The van der Waals surface area contributed by atoms with E-state index in [0.29, 0.717) is 13.3 Å². The summed E-state index contributed by atoms with van der Waals surface area (Å²) in [6.07, 6.45) is 1.69. The number of ether oxygens (including phenoxy) is 1. The van der Waals surface area contributed by atoms with Crippen molar-refractivity contribution in [2.75, 3.05) is 18.7 Å². The number of fused-ring (bicyclic) bond motifs is 1. The minimum absolute atomic E-state index is 0.637. The number of nitrogens with zero attached hydrogens (tertiary/aromatic N) is 2. The monoisotopic (exact) mass is 139 g/mol. The van der Waals surface area contributed by atoms with Crippen molar-refractivity contribution in [3.63, 3.8) is 0 Å². The standard InChI is InChI=1S/C6H9N3O/c1-9-4-10-2-5-6(9)8-3-7-5/h3H,2,4H2,1H3,(H,7,8). The summed E-state index contributed by atoms with van der Waals surface area (Å²) in [5.41, 5.74) is 1.06. The first-order chi connectivity index (χ1) is 4.88. The van der Waals surface area contributed by atoms with Crippen LogP contribution in [0.4, 0.5) is 5.82 Å². The van der Waals surface area contributed by atoms with E-state index < -0.39 is 0 Å². The molecule has 0 amide bonds. The molecule has 0 unspecified atom stereocenters. The largest absolute Gasteiger partial charge is 0.355 e. The molecule has 1 aliphatic heterocycles. The van der Waals surface area contributed by atoms with Crippen LogP contribution in [0.3, 0.4) is 0 Å². The van der Waals surface area contributed by atoms with E-state index in [9.17, 15) is 0 Å². The van der Waals surface area contributed by atoms with Gasteiger partial charge in [0.1, 0.15) is 6.73 Å².